The maximum Gasteiger partial charge on any atom is 0.255 e. The van der Waals surface area contributed by atoms with Crippen molar-refractivity contribution in [3.8, 4) is 0 Å². The number of carbonyl (C=O) groups excluding carboxylic acids is 2. The normalized spacial score (nSPS) is 21.8. The lowest BCUT2D eigenvalue weighted by molar-refractivity contribution is -0.120. The first-order valence-corrected chi connectivity index (χ1v) is 11.2. The fourth-order valence-electron chi connectivity index (χ4n) is 4.29. The molecule has 1 aromatic carbocycles. The largest absolute Gasteiger partial charge is 0.373 e. The smallest absolute Gasteiger partial charge is 0.255 e. The second-order valence-corrected chi connectivity index (χ2v) is 8.52. The van der Waals surface area contributed by atoms with E-state index >= 15 is 0 Å². The minimum Gasteiger partial charge on any atom is -0.373 e. The van der Waals surface area contributed by atoms with Gasteiger partial charge in [0.2, 0.25) is 5.91 Å². The number of likely N-dealkylation sites (N-methyl/N-ethyl adjacent to an activating group) is 1. The number of nitrogens with one attached hydrogen (secondary N) is 2. The third-order valence-electron chi connectivity index (χ3n) is 6.08. The third kappa shape index (κ3) is 5.44. The number of amides is 2. The van der Waals surface area contributed by atoms with Crippen LogP contribution in [0.4, 0.5) is 11.5 Å². The monoisotopic (exact) mass is 437 g/mol. The minimum atomic E-state index is -0.185. The van der Waals surface area contributed by atoms with Crippen molar-refractivity contribution in [2.45, 2.75) is 31.9 Å². The minimum absolute atomic E-state index is 0.0360. The van der Waals surface area contributed by atoms with E-state index in [9.17, 15) is 9.59 Å². The number of carbonyl (C=O) groups is 2. The molecule has 32 heavy (non-hydrogen) atoms. The molecular weight excluding hydrogens is 406 g/mol. The van der Waals surface area contributed by atoms with Crippen LogP contribution in [0.1, 0.15) is 41.8 Å². The molecule has 0 radical (unpaired) electrons. The SMILES string of the molecule is CC(=O)N[C@@H]1CCO[C@H](c2ccccc2NC(=O)c2ccnc(N3CCN(C)CC3)c2)C1. The van der Waals surface area contributed by atoms with Crippen LogP contribution in [0.5, 0.6) is 0 Å². The van der Waals surface area contributed by atoms with Gasteiger partial charge in [0.1, 0.15) is 5.82 Å². The standard InChI is InChI=1S/C24H31N5O3/c1-17(30)26-19-8-14-32-22(16-19)20-5-3-4-6-21(20)27-24(31)18-7-9-25-23(15-18)29-12-10-28(2)11-13-29/h3-7,9,15,19,22H,8,10-14,16H2,1-2H3,(H,26,30)(H,27,31)/t19-,22+/m1/s1. The van der Waals surface area contributed by atoms with Crippen LogP contribution in [0, 0.1) is 0 Å². The van der Waals surface area contributed by atoms with E-state index in [0.29, 0.717) is 18.6 Å². The van der Waals surface area contributed by atoms with E-state index in [1.165, 1.54) is 6.92 Å². The Hall–Kier alpha value is -2.97. The molecule has 2 atom stereocenters. The first kappa shape index (κ1) is 22.2. The summed E-state index contributed by atoms with van der Waals surface area (Å²) in [4.78, 5) is 33.5. The number of ether oxygens (including phenoxy) is 1. The maximum atomic E-state index is 13.1. The highest BCUT2D eigenvalue weighted by Gasteiger charge is 2.26. The molecule has 8 heteroatoms. The molecule has 2 aliphatic heterocycles. The summed E-state index contributed by atoms with van der Waals surface area (Å²) in [5.41, 5.74) is 2.22. The lowest BCUT2D eigenvalue weighted by Gasteiger charge is -2.33. The first-order chi connectivity index (χ1) is 15.5. The Morgan fingerprint density at radius 3 is 2.69 bits per heavy atom. The molecule has 1 aromatic heterocycles. The molecule has 4 rings (SSSR count). The Kier molecular flexibility index (Phi) is 7.02. The fourth-order valence-corrected chi connectivity index (χ4v) is 4.29. The van der Waals surface area contributed by atoms with Gasteiger partial charge in [0.05, 0.1) is 6.10 Å². The molecule has 2 amide bonds. The van der Waals surface area contributed by atoms with Gasteiger partial charge in [-0.1, -0.05) is 18.2 Å². The van der Waals surface area contributed by atoms with Crippen molar-refractivity contribution in [2.24, 2.45) is 0 Å². The molecular formula is C24H31N5O3. The summed E-state index contributed by atoms with van der Waals surface area (Å²) in [5, 5.41) is 6.04. The zero-order valence-corrected chi connectivity index (χ0v) is 18.7. The number of piperazine rings is 1. The number of anilines is 2. The van der Waals surface area contributed by atoms with Crippen LogP contribution in [-0.2, 0) is 9.53 Å². The Labute approximate surface area is 188 Å². The van der Waals surface area contributed by atoms with Gasteiger partial charge in [0, 0.05) is 68.8 Å². The van der Waals surface area contributed by atoms with Gasteiger partial charge in [0.15, 0.2) is 0 Å². The number of hydrogen-bond donors (Lipinski definition) is 2. The average molecular weight is 438 g/mol. The van der Waals surface area contributed by atoms with Crippen molar-refractivity contribution < 1.29 is 14.3 Å². The predicted octanol–water partition coefficient (Wildman–Crippen LogP) is 2.44. The van der Waals surface area contributed by atoms with Crippen molar-refractivity contribution in [1.82, 2.24) is 15.2 Å². The van der Waals surface area contributed by atoms with Crippen LogP contribution < -0.4 is 15.5 Å². The number of aromatic nitrogens is 1. The van der Waals surface area contributed by atoms with Crippen molar-refractivity contribution >= 4 is 23.3 Å². The molecule has 2 N–H and O–H groups in total. The van der Waals surface area contributed by atoms with Crippen molar-refractivity contribution in [3.63, 3.8) is 0 Å². The van der Waals surface area contributed by atoms with E-state index in [2.05, 4.69) is 32.5 Å². The Morgan fingerprint density at radius 2 is 1.91 bits per heavy atom. The van der Waals surface area contributed by atoms with E-state index in [1.807, 2.05) is 30.3 Å². The summed E-state index contributed by atoms with van der Waals surface area (Å²) >= 11 is 0. The summed E-state index contributed by atoms with van der Waals surface area (Å²) in [5.74, 6) is 0.614. The van der Waals surface area contributed by atoms with E-state index in [1.54, 1.807) is 12.3 Å². The lowest BCUT2D eigenvalue weighted by atomic mass is 9.96. The highest BCUT2D eigenvalue weighted by molar-refractivity contribution is 6.05. The number of nitrogens with zero attached hydrogens (tertiary/aromatic N) is 3. The number of rotatable bonds is 5. The van der Waals surface area contributed by atoms with E-state index in [4.69, 9.17) is 4.74 Å². The molecule has 2 aromatic rings. The second kappa shape index (κ2) is 10.1. The summed E-state index contributed by atoms with van der Waals surface area (Å²) < 4.78 is 5.99. The Bertz CT molecular complexity index is 958. The van der Waals surface area contributed by atoms with Crippen molar-refractivity contribution in [1.29, 1.82) is 0 Å². The zero-order chi connectivity index (χ0) is 22.5. The summed E-state index contributed by atoms with van der Waals surface area (Å²) in [6.45, 7) is 5.84. The molecule has 0 saturated carbocycles. The van der Waals surface area contributed by atoms with Crippen LogP contribution in [0.15, 0.2) is 42.6 Å². The van der Waals surface area contributed by atoms with E-state index in [-0.39, 0.29) is 24.0 Å². The lowest BCUT2D eigenvalue weighted by Crippen LogP contribution is -2.44. The molecule has 170 valence electrons. The summed E-state index contributed by atoms with van der Waals surface area (Å²) in [6.07, 6.45) is 2.97. The molecule has 0 spiro atoms. The molecule has 0 aliphatic carbocycles. The van der Waals surface area contributed by atoms with Crippen LogP contribution >= 0.6 is 0 Å². The van der Waals surface area contributed by atoms with Crippen LogP contribution in [-0.4, -0.2) is 67.6 Å². The van der Waals surface area contributed by atoms with Crippen LogP contribution in [0.25, 0.3) is 0 Å². The molecule has 2 fully saturated rings. The van der Waals surface area contributed by atoms with E-state index < -0.39 is 0 Å². The van der Waals surface area contributed by atoms with Gasteiger partial charge in [-0.25, -0.2) is 4.98 Å². The Morgan fingerprint density at radius 1 is 1.12 bits per heavy atom. The van der Waals surface area contributed by atoms with Crippen LogP contribution in [0.3, 0.4) is 0 Å². The van der Waals surface area contributed by atoms with Gasteiger partial charge < -0.3 is 25.2 Å². The predicted molar refractivity (Wildman–Crippen MR) is 124 cm³/mol. The molecule has 8 nitrogen and oxygen atoms in total. The third-order valence-corrected chi connectivity index (χ3v) is 6.08. The number of para-hydroxylation sites is 1. The van der Waals surface area contributed by atoms with Gasteiger partial charge in [-0.05, 0) is 38.1 Å². The fraction of sp³-hybridized carbons (Fsp3) is 0.458. The quantitative estimate of drug-likeness (QED) is 0.747. The molecule has 2 saturated heterocycles. The summed E-state index contributed by atoms with van der Waals surface area (Å²) in [7, 11) is 2.11. The zero-order valence-electron chi connectivity index (χ0n) is 18.7. The molecule has 0 bridgehead atoms. The van der Waals surface area contributed by atoms with Gasteiger partial charge in [-0.2, -0.15) is 0 Å². The number of hydrogen-bond acceptors (Lipinski definition) is 6. The number of benzene rings is 1. The van der Waals surface area contributed by atoms with E-state index in [0.717, 1.165) is 49.7 Å². The van der Waals surface area contributed by atoms with Crippen molar-refractivity contribution in [3.05, 3.63) is 53.7 Å². The number of pyridine rings is 1. The topological polar surface area (TPSA) is 86.8 Å². The van der Waals surface area contributed by atoms with Gasteiger partial charge in [-0.3, -0.25) is 9.59 Å². The van der Waals surface area contributed by atoms with Crippen LogP contribution in [0.2, 0.25) is 0 Å². The second-order valence-electron chi connectivity index (χ2n) is 8.52. The highest BCUT2D eigenvalue weighted by Crippen LogP contribution is 2.33. The highest BCUT2D eigenvalue weighted by atomic mass is 16.5. The molecule has 0 unspecified atom stereocenters. The Balaban J connectivity index is 1.47. The molecule has 3 heterocycles. The summed E-state index contributed by atoms with van der Waals surface area (Å²) in [6, 6.07) is 11.4. The van der Waals surface area contributed by atoms with Gasteiger partial charge >= 0.3 is 0 Å². The van der Waals surface area contributed by atoms with Gasteiger partial charge in [0.25, 0.3) is 5.91 Å². The first-order valence-electron chi connectivity index (χ1n) is 11.2. The van der Waals surface area contributed by atoms with Crippen molar-refractivity contribution in [2.75, 3.05) is 50.1 Å². The molecule has 2 aliphatic rings. The average Bonchev–Trinajstić information content (AvgIpc) is 2.80. The maximum absolute atomic E-state index is 13.1. The van der Waals surface area contributed by atoms with Gasteiger partial charge in [-0.15, -0.1) is 0 Å².